The summed E-state index contributed by atoms with van der Waals surface area (Å²) < 4.78 is 0. The third-order valence-electron chi connectivity index (χ3n) is 2.95. The van der Waals surface area contributed by atoms with Gasteiger partial charge in [-0.3, -0.25) is 0 Å². The lowest BCUT2D eigenvalue weighted by atomic mass is 10.1. The van der Waals surface area contributed by atoms with E-state index < -0.39 is 0 Å². The first-order chi connectivity index (χ1) is 7.79. The summed E-state index contributed by atoms with van der Waals surface area (Å²) >= 11 is 0. The first-order valence-electron chi connectivity index (χ1n) is 6.25. The van der Waals surface area contributed by atoms with E-state index in [1.54, 1.807) is 0 Å². The topological polar surface area (TPSA) is 28.7 Å². The van der Waals surface area contributed by atoms with E-state index in [-0.39, 0.29) is 0 Å². The second kappa shape index (κ2) is 5.15. The molecule has 0 bridgehead atoms. The zero-order valence-electron chi connectivity index (χ0n) is 10.2. The molecule has 2 heteroatoms. The Labute approximate surface area is 97.1 Å². The monoisotopic (exact) mass is 216 g/mol. The van der Waals surface area contributed by atoms with Gasteiger partial charge in [-0.15, -0.1) is 0 Å². The maximum absolute atomic E-state index is 4.62. The SMILES string of the molecule is CCCCCCc1nc2cc(C)ccc2[nH]1. The van der Waals surface area contributed by atoms with Crippen LogP contribution in [0, 0.1) is 6.92 Å². The Kier molecular flexibility index (Phi) is 3.60. The van der Waals surface area contributed by atoms with Gasteiger partial charge in [0.05, 0.1) is 11.0 Å². The minimum atomic E-state index is 1.08. The summed E-state index contributed by atoms with van der Waals surface area (Å²) in [5.74, 6) is 1.14. The second-order valence-corrected chi connectivity index (χ2v) is 4.51. The van der Waals surface area contributed by atoms with Crippen LogP contribution in [0.25, 0.3) is 11.0 Å². The molecule has 1 heterocycles. The van der Waals surface area contributed by atoms with Crippen LogP contribution < -0.4 is 0 Å². The van der Waals surface area contributed by atoms with E-state index in [0.717, 1.165) is 23.3 Å². The first-order valence-corrected chi connectivity index (χ1v) is 6.25. The number of unbranched alkanes of at least 4 members (excludes halogenated alkanes) is 3. The van der Waals surface area contributed by atoms with Crippen LogP contribution in [-0.2, 0) is 6.42 Å². The molecule has 16 heavy (non-hydrogen) atoms. The van der Waals surface area contributed by atoms with Gasteiger partial charge in [0.15, 0.2) is 0 Å². The molecule has 0 aliphatic rings. The van der Waals surface area contributed by atoms with E-state index in [2.05, 4.69) is 42.0 Å². The van der Waals surface area contributed by atoms with Crippen molar-refractivity contribution in [1.82, 2.24) is 9.97 Å². The molecule has 0 saturated heterocycles. The zero-order valence-corrected chi connectivity index (χ0v) is 10.2. The molecule has 0 unspecified atom stereocenters. The Morgan fingerprint density at radius 1 is 1.19 bits per heavy atom. The zero-order chi connectivity index (χ0) is 11.4. The van der Waals surface area contributed by atoms with E-state index >= 15 is 0 Å². The molecule has 0 spiro atoms. The number of fused-ring (bicyclic) bond motifs is 1. The molecule has 0 radical (unpaired) electrons. The van der Waals surface area contributed by atoms with Gasteiger partial charge in [0.25, 0.3) is 0 Å². The molecule has 0 aliphatic heterocycles. The van der Waals surface area contributed by atoms with Crippen LogP contribution in [0.2, 0.25) is 0 Å². The number of H-pyrrole nitrogens is 1. The number of nitrogens with one attached hydrogen (secondary N) is 1. The minimum absolute atomic E-state index is 1.08. The largest absolute Gasteiger partial charge is 0.342 e. The molecule has 2 aromatic rings. The van der Waals surface area contributed by atoms with Crippen molar-refractivity contribution < 1.29 is 0 Å². The third kappa shape index (κ3) is 2.63. The molecular formula is C14H20N2. The van der Waals surface area contributed by atoms with E-state index in [9.17, 15) is 0 Å². The predicted molar refractivity (Wildman–Crippen MR) is 68.7 cm³/mol. The number of aromatic nitrogens is 2. The van der Waals surface area contributed by atoms with Crippen molar-refractivity contribution in [3.63, 3.8) is 0 Å². The highest BCUT2D eigenvalue weighted by molar-refractivity contribution is 5.75. The summed E-state index contributed by atoms with van der Waals surface area (Å²) in [5, 5.41) is 0. The summed E-state index contributed by atoms with van der Waals surface area (Å²) in [4.78, 5) is 8.00. The molecule has 2 rings (SSSR count). The van der Waals surface area contributed by atoms with Gasteiger partial charge in [-0.05, 0) is 31.0 Å². The number of imidazole rings is 1. The maximum Gasteiger partial charge on any atom is 0.107 e. The number of aromatic amines is 1. The van der Waals surface area contributed by atoms with Crippen LogP contribution in [0.3, 0.4) is 0 Å². The van der Waals surface area contributed by atoms with Crippen molar-refractivity contribution in [2.24, 2.45) is 0 Å². The number of hydrogen-bond donors (Lipinski definition) is 1. The molecule has 0 amide bonds. The molecule has 1 aromatic carbocycles. The lowest BCUT2D eigenvalue weighted by Crippen LogP contribution is -1.87. The summed E-state index contributed by atoms with van der Waals surface area (Å²) in [6.45, 7) is 4.35. The quantitative estimate of drug-likeness (QED) is 0.752. The smallest absolute Gasteiger partial charge is 0.107 e. The summed E-state index contributed by atoms with van der Waals surface area (Å²) in [5.41, 5.74) is 3.54. The van der Waals surface area contributed by atoms with Crippen molar-refractivity contribution in [1.29, 1.82) is 0 Å². The Morgan fingerprint density at radius 2 is 2.06 bits per heavy atom. The number of benzene rings is 1. The van der Waals surface area contributed by atoms with Crippen molar-refractivity contribution in [2.75, 3.05) is 0 Å². The second-order valence-electron chi connectivity index (χ2n) is 4.51. The van der Waals surface area contributed by atoms with Crippen molar-refractivity contribution in [3.8, 4) is 0 Å². The molecule has 0 atom stereocenters. The van der Waals surface area contributed by atoms with Crippen LogP contribution in [-0.4, -0.2) is 9.97 Å². The van der Waals surface area contributed by atoms with E-state index in [4.69, 9.17) is 0 Å². The van der Waals surface area contributed by atoms with Crippen LogP contribution >= 0.6 is 0 Å². The van der Waals surface area contributed by atoms with Crippen molar-refractivity contribution in [2.45, 2.75) is 46.0 Å². The Bertz CT molecular complexity index is 457. The van der Waals surface area contributed by atoms with Gasteiger partial charge < -0.3 is 4.98 Å². The molecule has 0 aliphatic carbocycles. The molecule has 86 valence electrons. The van der Waals surface area contributed by atoms with E-state index in [0.29, 0.717) is 0 Å². The Hall–Kier alpha value is -1.31. The standard InChI is InChI=1S/C14H20N2/c1-3-4-5-6-7-14-15-12-9-8-11(2)10-13(12)16-14/h8-10H,3-7H2,1-2H3,(H,15,16). The van der Waals surface area contributed by atoms with Gasteiger partial charge in [0.1, 0.15) is 5.82 Å². The molecule has 0 saturated carbocycles. The van der Waals surface area contributed by atoms with Crippen LogP contribution in [0.1, 0.15) is 44.0 Å². The third-order valence-corrected chi connectivity index (χ3v) is 2.95. The lowest BCUT2D eigenvalue weighted by Gasteiger charge is -1.95. The fraction of sp³-hybridized carbons (Fsp3) is 0.500. The average molecular weight is 216 g/mol. The molecule has 1 aromatic heterocycles. The van der Waals surface area contributed by atoms with Gasteiger partial charge in [0.2, 0.25) is 0 Å². The fourth-order valence-corrected chi connectivity index (χ4v) is 2.01. The van der Waals surface area contributed by atoms with Gasteiger partial charge >= 0.3 is 0 Å². The van der Waals surface area contributed by atoms with Crippen molar-refractivity contribution >= 4 is 11.0 Å². The van der Waals surface area contributed by atoms with Gasteiger partial charge in [-0.1, -0.05) is 32.3 Å². The van der Waals surface area contributed by atoms with Gasteiger partial charge in [0, 0.05) is 6.42 Å². The highest BCUT2D eigenvalue weighted by Crippen LogP contribution is 2.14. The molecule has 1 N–H and O–H groups in total. The minimum Gasteiger partial charge on any atom is -0.342 e. The predicted octanol–water partition coefficient (Wildman–Crippen LogP) is 3.99. The molecular weight excluding hydrogens is 196 g/mol. The number of rotatable bonds is 5. The fourth-order valence-electron chi connectivity index (χ4n) is 2.01. The summed E-state index contributed by atoms with van der Waals surface area (Å²) in [7, 11) is 0. The summed E-state index contributed by atoms with van der Waals surface area (Å²) in [6.07, 6.45) is 6.26. The normalized spacial score (nSPS) is 11.1. The van der Waals surface area contributed by atoms with Crippen LogP contribution in [0.15, 0.2) is 18.2 Å². The number of nitrogens with zero attached hydrogens (tertiary/aromatic N) is 1. The number of aryl methyl sites for hydroxylation is 2. The number of hydrogen-bond acceptors (Lipinski definition) is 1. The van der Waals surface area contributed by atoms with Crippen LogP contribution in [0.5, 0.6) is 0 Å². The Balaban J connectivity index is 2.02. The lowest BCUT2D eigenvalue weighted by molar-refractivity contribution is 0.656. The molecule has 0 fully saturated rings. The van der Waals surface area contributed by atoms with Crippen molar-refractivity contribution in [3.05, 3.63) is 29.6 Å². The summed E-state index contributed by atoms with van der Waals surface area (Å²) in [6, 6.07) is 6.38. The highest BCUT2D eigenvalue weighted by Gasteiger charge is 2.02. The maximum atomic E-state index is 4.62. The van der Waals surface area contributed by atoms with Gasteiger partial charge in [-0.25, -0.2) is 4.98 Å². The highest BCUT2D eigenvalue weighted by atomic mass is 14.9. The van der Waals surface area contributed by atoms with Gasteiger partial charge in [-0.2, -0.15) is 0 Å². The van der Waals surface area contributed by atoms with Crippen LogP contribution in [0.4, 0.5) is 0 Å². The van der Waals surface area contributed by atoms with E-state index in [1.807, 2.05) is 0 Å². The molecule has 2 nitrogen and oxygen atoms in total. The average Bonchev–Trinajstić information content (AvgIpc) is 2.66. The Morgan fingerprint density at radius 3 is 2.88 bits per heavy atom. The first kappa shape index (κ1) is 11.2. The van der Waals surface area contributed by atoms with E-state index in [1.165, 1.54) is 31.2 Å².